The SMILES string of the molecule is COC(=O)C(OC)OC(C)C. The highest BCUT2D eigenvalue weighted by Crippen LogP contribution is 2.00. The molecule has 0 fully saturated rings. The highest BCUT2D eigenvalue weighted by molar-refractivity contribution is 5.72. The minimum atomic E-state index is -0.903. The Labute approximate surface area is 66.4 Å². The lowest BCUT2D eigenvalue weighted by Crippen LogP contribution is -2.29. The van der Waals surface area contributed by atoms with Gasteiger partial charge >= 0.3 is 5.97 Å². The van der Waals surface area contributed by atoms with Gasteiger partial charge in [-0.05, 0) is 13.8 Å². The largest absolute Gasteiger partial charge is 0.465 e. The van der Waals surface area contributed by atoms with Crippen molar-refractivity contribution in [1.29, 1.82) is 0 Å². The zero-order valence-electron chi connectivity index (χ0n) is 7.29. The van der Waals surface area contributed by atoms with Gasteiger partial charge in [-0.25, -0.2) is 4.79 Å². The van der Waals surface area contributed by atoms with Crippen LogP contribution in [-0.2, 0) is 19.0 Å². The van der Waals surface area contributed by atoms with Crippen LogP contribution in [0.3, 0.4) is 0 Å². The van der Waals surface area contributed by atoms with Crippen LogP contribution in [0.4, 0.5) is 0 Å². The summed E-state index contributed by atoms with van der Waals surface area (Å²) in [5.41, 5.74) is 0. The zero-order valence-corrected chi connectivity index (χ0v) is 7.29. The van der Waals surface area contributed by atoms with Crippen molar-refractivity contribution >= 4 is 5.97 Å². The number of carbonyl (C=O) groups is 1. The van der Waals surface area contributed by atoms with Crippen LogP contribution in [-0.4, -0.2) is 32.6 Å². The second-order valence-electron chi connectivity index (χ2n) is 2.28. The molecule has 1 atom stereocenters. The van der Waals surface area contributed by atoms with E-state index in [0.717, 1.165) is 0 Å². The molecule has 11 heavy (non-hydrogen) atoms. The summed E-state index contributed by atoms with van der Waals surface area (Å²) in [7, 11) is 2.68. The number of methoxy groups -OCH3 is 2. The Morgan fingerprint density at radius 3 is 2.09 bits per heavy atom. The van der Waals surface area contributed by atoms with E-state index in [1.165, 1.54) is 14.2 Å². The molecule has 0 saturated carbocycles. The van der Waals surface area contributed by atoms with Crippen LogP contribution in [0, 0.1) is 0 Å². The summed E-state index contributed by atoms with van der Waals surface area (Å²) in [4.78, 5) is 10.8. The fourth-order valence-electron chi connectivity index (χ4n) is 0.551. The van der Waals surface area contributed by atoms with Crippen molar-refractivity contribution in [2.45, 2.75) is 26.2 Å². The van der Waals surface area contributed by atoms with Crippen molar-refractivity contribution in [3.8, 4) is 0 Å². The summed E-state index contributed by atoms with van der Waals surface area (Å²) in [5.74, 6) is -0.513. The first kappa shape index (κ1) is 10.4. The first-order valence-electron chi connectivity index (χ1n) is 3.38. The predicted molar refractivity (Wildman–Crippen MR) is 39.0 cm³/mol. The molecule has 0 aromatic heterocycles. The Morgan fingerprint density at radius 1 is 1.27 bits per heavy atom. The Bertz CT molecular complexity index is 122. The number of esters is 1. The molecule has 4 heteroatoms. The smallest absolute Gasteiger partial charge is 0.363 e. The van der Waals surface area contributed by atoms with Crippen LogP contribution in [0.5, 0.6) is 0 Å². The summed E-state index contributed by atoms with van der Waals surface area (Å²) < 4.78 is 14.2. The van der Waals surface area contributed by atoms with Crippen molar-refractivity contribution in [3.63, 3.8) is 0 Å². The Morgan fingerprint density at radius 2 is 1.82 bits per heavy atom. The van der Waals surface area contributed by atoms with Gasteiger partial charge in [-0.2, -0.15) is 0 Å². The van der Waals surface area contributed by atoms with Crippen molar-refractivity contribution in [2.75, 3.05) is 14.2 Å². The average molecular weight is 162 g/mol. The molecule has 0 spiro atoms. The van der Waals surface area contributed by atoms with Gasteiger partial charge in [0, 0.05) is 7.11 Å². The number of hydrogen-bond donors (Lipinski definition) is 0. The maximum atomic E-state index is 10.8. The average Bonchev–Trinajstić information content (AvgIpc) is 1.98. The third-order valence-electron chi connectivity index (χ3n) is 1.00. The molecular formula is C7H14O4. The van der Waals surface area contributed by atoms with Gasteiger partial charge in [-0.1, -0.05) is 0 Å². The molecule has 0 aromatic rings. The lowest BCUT2D eigenvalue weighted by molar-refractivity contribution is -0.193. The quantitative estimate of drug-likeness (QED) is 0.447. The molecule has 0 amide bonds. The molecule has 0 aliphatic carbocycles. The first-order chi connectivity index (χ1) is 5.11. The number of ether oxygens (including phenoxy) is 3. The standard InChI is InChI=1S/C7H14O4/c1-5(2)11-7(10-4)6(8)9-3/h5,7H,1-4H3. The summed E-state index contributed by atoms with van der Waals surface area (Å²) in [6.07, 6.45) is -0.959. The van der Waals surface area contributed by atoms with Crippen molar-refractivity contribution in [3.05, 3.63) is 0 Å². The van der Waals surface area contributed by atoms with E-state index in [1.54, 1.807) is 0 Å². The molecule has 4 nitrogen and oxygen atoms in total. The molecule has 0 saturated heterocycles. The summed E-state index contributed by atoms with van der Waals surface area (Å²) in [6.45, 7) is 3.63. The second kappa shape index (κ2) is 5.09. The van der Waals surface area contributed by atoms with E-state index in [1.807, 2.05) is 13.8 Å². The predicted octanol–water partition coefficient (Wildman–Crippen LogP) is 0.557. The summed E-state index contributed by atoms with van der Waals surface area (Å²) in [6, 6.07) is 0. The van der Waals surface area contributed by atoms with Crippen molar-refractivity contribution < 1.29 is 19.0 Å². The van der Waals surface area contributed by atoms with E-state index in [2.05, 4.69) is 4.74 Å². The molecule has 1 unspecified atom stereocenters. The second-order valence-corrected chi connectivity index (χ2v) is 2.28. The van der Waals surface area contributed by atoms with E-state index < -0.39 is 12.3 Å². The highest BCUT2D eigenvalue weighted by Gasteiger charge is 2.19. The van der Waals surface area contributed by atoms with E-state index in [9.17, 15) is 4.79 Å². The highest BCUT2D eigenvalue weighted by atomic mass is 16.7. The molecule has 0 aromatic carbocycles. The van der Waals surface area contributed by atoms with Gasteiger partial charge in [0.25, 0.3) is 6.29 Å². The lowest BCUT2D eigenvalue weighted by atomic mass is 10.5. The van der Waals surface area contributed by atoms with Crippen LogP contribution in [0.25, 0.3) is 0 Å². The number of rotatable bonds is 4. The van der Waals surface area contributed by atoms with Gasteiger partial charge < -0.3 is 14.2 Å². The molecule has 0 radical (unpaired) electrons. The minimum Gasteiger partial charge on any atom is -0.465 e. The molecule has 66 valence electrons. The number of hydrogen-bond acceptors (Lipinski definition) is 4. The maximum absolute atomic E-state index is 10.8. The van der Waals surface area contributed by atoms with Crippen LogP contribution < -0.4 is 0 Å². The molecule has 0 aliphatic heterocycles. The molecular weight excluding hydrogens is 148 g/mol. The molecule has 0 heterocycles. The zero-order chi connectivity index (χ0) is 8.85. The Hall–Kier alpha value is -0.610. The van der Waals surface area contributed by atoms with Crippen molar-refractivity contribution in [1.82, 2.24) is 0 Å². The summed E-state index contributed by atoms with van der Waals surface area (Å²) >= 11 is 0. The van der Waals surface area contributed by atoms with E-state index >= 15 is 0 Å². The molecule has 0 N–H and O–H groups in total. The molecule has 0 rings (SSSR count). The normalized spacial score (nSPS) is 13.2. The lowest BCUT2D eigenvalue weighted by Gasteiger charge is -2.15. The topological polar surface area (TPSA) is 44.8 Å². The minimum absolute atomic E-state index is 0.0564. The monoisotopic (exact) mass is 162 g/mol. The van der Waals surface area contributed by atoms with Gasteiger partial charge in [-0.3, -0.25) is 0 Å². The van der Waals surface area contributed by atoms with Gasteiger partial charge in [0.05, 0.1) is 13.2 Å². The van der Waals surface area contributed by atoms with Crippen LogP contribution in [0.2, 0.25) is 0 Å². The summed E-state index contributed by atoms with van der Waals surface area (Å²) in [5, 5.41) is 0. The van der Waals surface area contributed by atoms with Crippen LogP contribution >= 0.6 is 0 Å². The van der Waals surface area contributed by atoms with Gasteiger partial charge in [-0.15, -0.1) is 0 Å². The van der Waals surface area contributed by atoms with Crippen LogP contribution in [0.1, 0.15) is 13.8 Å². The van der Waals surface area contributed by atoms with E-state index in [-0.39, 0.29) is 6.10 Å². The van der Waals surface area contributed by atoms with E-state index in [0.29, 0.717) is 0 Å². The molecule has 0 bridgehead atoms. The van der Waals surface area contributed by atoms with Gasteiger partial charge in [0.2, 0.25) is 0 Å². The fraction of sp³-hybridized carbons (Fsp3) is 0.857. The van der Waals surface area contributed by atoms with Crippen molar-refractivity contribution in [2.24, 2.45) is 0 Å². The molecule has 0 aliphatic rings. The fourth-order valence-corrected chi connectivity index (χ4v) is 0.551. The van der Waals surface area contributed by atoms with Gasteiger partial charge in [0.1, 0.15) is 0 Å². The number of carbonyl (C=O) groups excluding carboxylic acids is 1. The third-order valence-corrected chi connectivity index (χ3v) is 1.00. The Kier molecular flexibility index (Phi) is 4.81. The van der Waals surface area contributed by atoms with Crippen LogP contribution in [0.15, 0.2) is 0 Å². The first-order valence-corrected chi connectivity index (χ1v) is 3.38. The Balaban J connectivity index is 3.84. The maximum Gasteiger partial charge on any atom is 0.363 e. The third kappa shape index (κ3) is 3.95. The van der Waals surface area contributed by atoms with Gasteiger partial charge in [0.15, 0.2) is 0 Å². The van der Waals surface area contributed by atoms with E-state index in [4.69, 9.17) is 9.47 Å².